The third kappa shape index (κ3) is 1.96. The maximum absolute atomic E-state index is 5.61. The van der Waals surface area contributed by atoms with Crippen molar-refractivity contribution in [2.24, 2.45) is 0 Å². The number of pyridine rings is 1. The number of hydrogen-bond donors (Lipinski definition) is 1. The van der Waals surface area contributed by atoms with E-state index in [1.165, 1.54) is 0 Å². The number of nitrogens with two attached hydrogens (primary N) is 1. The van der Waals surface area contributed by atoms with Gasteiger partial charge in [-0.05, 0) is 19.2 Å². The summed E-state index contributed by atoms with van der Waals surface area (Å²) in [6.45, 7) is 3.65. The van der Waals surface area contributed by atoms with E-state index in [9.17, 15) is 0 Å². The van der Waals surface area contributed by atoms with Gasteiger partial charge in [0.25, 0.3) is 0 Å². The van der Waals surface area contributed by atoms with E-state index in [1.54, 1.807) is 0 Å². The van der Waals surface area contributed by atoms with Crippen LogP contribution in [-0.2, 0) is 4.74 Å². The summed E-state index contributed by atoms with van der Waals surface area (Å²) in [5.74, 6) is 0.575. The molecule has 5 heteroatoms. The smallest absolute Gasteiger partial charge is 0.123 e. The average Bonchev–Trinajstić information content (AvgIpc) is 2.30. The van der Waals surface area contributed by atoms with Gasteiger partial charge in [0.1, 0.15) is 5.82 Å². The lowest BCUT2D eigenvalue weighted by Crippen LogP contribution is -2.63. The Morgan fingerprint density at radius 2 is 2.00 bits per heavy atom. The Balaban J connectivity index is 1.79. The molecule has 1 aromatic heterocycles. The van der Waals surface area contributed by atoms with Crippen molar-refractivity contribution in [3.8, 4) is 0 Å². The lowest BCUT2D eigenvalue weighted by Gasteiger charge is -2.48. The molecule has 2 N–H and O–H groups in total. The molecule has 3 heterocycles. The topological polar surface area (TPSA) is 54.6 Å². The second-order valence-electron chi connectivity index (χ2n) is 4.86. The maximum atomic E-state index is 5.61. The van der Waals surface area contributed by atoms with Gasteiger partial charge in [-0.1, -0.05) is 0 Å². The molecule has 2 fully saturated rings. The molecule has 17 heavy (non-hydrogen) atoms. The minimum Gasteiger partial charge on any atom is -0.384 e. The van der Waals surface area contributed by atoms with Crippen molar-refractivity contribution >= 4 is 11.5 Å². The summed E-state index contributed by atoms with van der Waals surface area (Å²) in [6, 6.07) is 4.88. The highest BCUT2D eigenvalue weighted by Crippen LogP contribution is 2.24. The summed E-state index contributed by atoms with van der Waals surface area (Å²) in [5, 5.41) is 0. The normalized spacial score (nSPS) is 29.4. The molecule has 0 radical (unpaired) electrons. The van der Waals surface area contributed by atoms with E-state index >= 15 is 0 Å². The predicted octanol–water partition coefficient (Wildman–Crippen LogP) is 0.183. The van der Waals surface area contributed by atoms with Gasteiger partial charge in [0.05, 0.1) is 37.2 Å². The molecule has 0 aromatic carbocycles. The summed E-state index contributed by atoms with van der Waals surface area (Å²) in [6.07, 6.45) is 1.86. The molecule has 0 aliphatic carbocycles. The molecule has 2 aliphatic rings. The van der Waals surface area contributed by atoms with E-state index in [2.05, 4.69) is 21.8 Å². The Kier molecular flexibility index (Phi) is 2.64. The number of nitrogens with zero attached hydrogens (tertiary/aromatic N) is 3. The van der Waals surface area contributed by atoms with Crippen LogP contribution in [0.4, 0.5) is 11.5 Å². The van der Waals surface area contributed by atoms with Crippen molar-refractivity contribution in [2.45, 2.75) is 12.1 Å². The number of nitrogen functional groups attached to an aromatic ring is 1. The molecule has 2 unspecified atom stereocenters. The number of piperazine rings is 1. The largest absolute Gasteiger partial charge is 0.384 e. The van der Waals surface area contributed by atoms with Crippen LogP contribution in [-0.4, -0.2) is 55.3 Å². The predicted molar refractivity (Wildman–Crippen MR) is 67.0 cm³/mol. The third-order valence-electron chi connectivity index (χ3n) is 3.77. The Morgan fingerprint density at radius 1 is 1.29 bits per heavy atom. The number of aromatic nitrogens is 1. The minimum atomic E-state index is 0.486. The first-order valence-electron chi connectivity index (χ1n) is 6.00. The summed E-state index contributed by atoms with van der Waals surface area (Å²) in [4.78, 5) is 8.97. The zero-order valence-corrected chi connectivity index (χ0v) is 10.0. The number of fused-ring (bicyclic) bond motifs is 2. The highest BCUT2D eigenvalue weighted by molar-refractivity contribution is 5.49. The Bertz CT molecular complexity index is 380. The molecule has 2 atom stereocenters. The van der Waals surface area contributed by atoms with Gasteiger partial charge in [-0.15, -0.1) is 0 Å². The standard InChI is InChI=1S/C12H18N4O/c1-15-10-5-16(6-11(15)8-17-7-10)9-2-3-12(13)14-4-9/h2-4,10-11H,5-8H2,1H3,(H2,13,14). The highest BCUT2D eigenvalue weighted by Gasteiger charge is 2.35. The fraction of sp³-hybridized carbons (Fsp3) is 0.583. The molecule has 5 nitrogen and oxygen atoms in total. The van der Waals surface area contributed by atoms with Gasteiger partial charge in [-0.25, -0.2) is 4.98 Å². The molecule has 0 saturated carbocycles. The lowest BCUT2D eigenvalue weighted by molar-refractivity contribution is -0.0439. The third-order valence-corrected chi connectivity index (χ3v) is 3.77. The van der Waals surface area contributed by atoms with Crippen LogP contribution < -0.4 is 10.6 Å². The van der Waals surface area contributed by atoms with Crippen LogP contribution in [0.5, 0.6) is 0 Å². The van der Waals surface area contributed by atoms with Crippen molar-refractivity contribution in [3.63, 3.8) is 0 Å². The van der Waals surface area contributed by atoms with E-state index in [-0.39, 0.29) is 0 Å². The van der Waals surface area contributed by atoms with E-state index in [0.29, 0.717) is 17.9 Å². The van der Waals surface area contributed by atoms with Crippen LogP contribution in [0, 0.1) is 0 Å². The highest BCUT2D eigenvalue weighted by atomic mass is 16.5. The summed E-state index contributed by atoms with van der Waals surface area (Å²) < 4.78 is 5.61. The molecule has 0 amide bonds. The zero-order valence-electron chi connectivity index (χ0n) is 10.0. The van der Waals surface area contributed by atoms with Gasteiger partial charge in [0.2, 0.25) is 0 Å². The van der Waals surface area contributed by atoms with E-state index in [0.717, 1.165) is 32.0 Å². The van der Waals surface area contributed by atoms with Crippen molar-refractivity contribution < 1.29 is 4.74 Å². The maximum Gasteiger partial charge on any atom is 0.123 e. The second kappa shape index (κ2) is 4.16. The molecule has 0 spiro atoms. The monoisotopic (exact) mass is 234 g/mol. The molecule has 3 rings (SSSR count). The molecular weight excluding hydrogens is 216 g/mol. The van der Waals surface area contributed by atoms with Crippen molar-refractivity contribution in [2.75, 3.05) is 44.0 Å². The van der Waals surface area contributed by atoms with Crippen LogP contribution in [0.25, 0.3) is 0 Å². The second-order valence-corrected chi connectivity index (χ2v) is 4.86. The SMILES string of the molecule is CN1C2COCC1CN(c1ccc(N)nc1)C2. The Labute approximate surface area is 101 Å². The van der Waals surface area contributed by atoms with Crippen molar-refractivity contribution in [1.82, 2.24) is 9.88 Å². The van der Waals surface area contributed by atoms with Gasteiger partial charge in [-0.3, -0.25) is 4.90 Å². The first kappa shape index (κ1) is 10.8. The first-order chi connectivity index (χ1) is 8.24. The number of hydrogen-bond acceptors (Lipinski definition) is 5. The number of morpholine rings is 1. The van der Waals surface area contributed by atoms with Crippen LogP contribution >= 0.6 is 0 Å². The van der Waals surface area contributed by atoms with Crippen LogP contribution in [0.2, 0.25) is 0 Å². The van der Waals surface area contributed by atoms with Gasteiger partial charge in [-0.2, -0.15) is 0 Å². The molecule has 2 saturated heterocycles. The fourth-order valence-corrected chi connectivity index (χ4v) is 2.62. The molecule has 1 aromatic rings. The quantitative estimate of drug-likeness (QED) is 0.751. The van der Waals surface area contributed by atoms with Gasteiger partial charge in [0.15, 0.2) is 0 Å². The zero-order chi connectivity index (χ0) is 11.8. The van der Waals surface area contributed by atoms with Gasteiger partial charge >= 0.3 is 0 Å². The summed E-state index contributed by atoms with van der Waals surface area (Å²) in [5.41, 5.74) is 6.77. The first-order valence-corrected chi connectivity index (χ1v) is 6.00. The summed E-state index contributed by atoms with van der Waals surface area (Å²) >= 11 is 0. The van der Waals surface area contributed by atoms with E-state index < -0.39 is 0 Å². The van der Waals surface area contributed by atoms with Crippen LogP contribution in [0.15, 0.2) is 18.3 Å². The molecule has 92 valence electrons. The number of likely N-dealkylation sites (N-methyl/N-ethyl adjacent to an activating group) is 1. The number of rotatable bonds is 1. The Morgan fingerprint density at radius 3 is 2.59 bits per heavy atom. The Hall–Kier alpha value is -1.33. The number of ether oxygens (including phenoxy) is 1. The van der Waals surface area contributed by atoms with Crippen LogP contribution in [0.1, 0.15) is 0 Å². The average molecular weight is 234 g/mol. The van der Waals surface area contributed by atoms with Gasteiger partial charge < -0.3 is 15.4 Å². The van der Waals surface area contributed by atoms with E-state index in [4.69, 9.17) is 10.5 Å². The fourth-order valence-electron chi connectivity index (χ4n) is 2.62. The van der Waals surface area contributed by atoms with Crippen molar-refractivity contribution in [3.05, 3.63) is 18.3 Å². The van der Waals surface area contributed by atoms with Crippen molar-refractivity contribution in [1.29, 1.82) is 0 Å². The minimum absolute atomic E-state index is 0.486. The van der Waals surface area contributed by atoms with Crippen LogP contribution in [0.3, 0.4) is 0 Å². The lowest BCUT2D eigenvalue weighted by atomic mass is 10.1. The summed E-state index contributed by atoms with van der Waals surface area (Å²) in [7, 11) is 2.19. The molecular formula is C12H18N4O. The number of anilines is 2. The molecule has 2 bridgehead atoms. The van der Waals surface area contributed by atoms with E-state index in [1.807, 2.05) is 18.3 Å². The van der Waals surface area contributed by atoms with Gasteiger partial charge in [0, 0.05) is 13.1 Å². The molecule has 2 aliphatic heterocycles.